The molecule has 102 valence electrons. The maximum atomic E-state index is 11.0. The van der Waals surface area contributed by atoms with Gasteiger partial charge in [-0.25, -0.2) is 4.79 Å². The number of nitrogens with one attached hydrogen (secondary N) is 1. The van der Waals surface area contributed by atoms with E-state index in [1.54, 1.807) is 23.1 Å². The van der Waals surface area contributed by atoms with Gasteiger partial charge in [0.15, 0.2) is 0 Å². The van der Waals surface area contributed by atoms with Crippen molar-refractivity contribution in [2.45, 2.75) is 16.7 Å². The summed E-state index contributed by atoms with van der Waals surface area (Å²) in [6, 6.07) is 10.2. The lowest BCUT2D eigenvalue weighted by molar-refractivity contribution is 0.208. The van der Waals surface area contributed by atoms with Crippen molar-refractivity contribution in [2.24, 2.45) is 5.73 Å². The zero-order chi connectivity index (χ0) is 14.1. The van der Waals surface area contributed by atoms with E-state index in [9.17, 15) is 4.79 Å². The van der Waals surface area contributed by atoms with Crippen LogP contribution in [-0.2, 0) is 0 Å². The molecular weight excluding hydrogens is 292 g/mol. The SMILES string of the molecule is Cc1cccc(Sc2c(OC(N)=O)[nH]c3sccc23)c1. The summed E-state index contributed by atoms with van der Waals surface area (Å²) in [6.45, 7) is 2.04. The van der Waals surface area contributed by atoms with Crippen LogP contribution < -0.4 is 10.5 Å². The summed E-state index contributed by atoms with van der Waals surface area (Å²) in [6.07, 6.45) is -0.815. The second kappa shape index (κ2) is 5.22. The van der Waals surface area contributed by atoms with Crippen molar-refractivity contribution in [2.75, 3.05) is 0 Å². The molecule has 1 amide bonds. The number of aryl methyl sites for hydroxylation is 1. The summed E-state index contributed by atoms with van der Waals surface area (Å²) >= 11 is 3.12. The van der Waals surface area contributed by atoms with Gasteiger partial charge in [-0.05, 0) is 30.5 Å². The molecule has 0 fully saturated rings. The van der Waals surface area contributed by atoms with Crippen molar-refractivity contribution in [3.05, 3.63) is 41.3 Å². The highest BCUT2D eigenvalue weighted by Gasteiger charge is 2.16. The van der Waals surface area contributed by atoms with Crippen molar-refractivity contribution in [3.63, 3.8) is 0 Å². The first-order valence-electron chi connectivity index (χ1n) is 5.94. The standard InChI is InChI=1S/C14H12N2O2S2/c1-8-3-2-4-9(7-8)20-11-10-5-6-19-13(10)16-12(11)18-14(15)17/h2-7,16H,1H3,(H2,15,17). The maximum absolute atomic E-state index is 11.0. The topological polar surface area (TPSA) is 68.1 Å². The summed E-state index contributed by atoms with van der Waals surface area (Å²) in [5.74, 6) is 0.408. The van der Waals surface area contributed by atoms with Crippen LogP contribution in [0.5, 0.6) is 5.88 Å². The molecule has 0 aliphatic heterocycles. The Bertz CT molecular complexity index is 776. The number of aromatic nitrogens is 1. The van der Waals surface area contributed by atoms with E-state index < -0.39 is 6.09 Å². The summed E-state index contributed by atoms with van der Waals surface area (Å²) < 4.78 is 5.06. The molecule has 2 heterocycles. The number of ether oxygens (including phenoxy) is 1. The molecule has 0 saturated heterocycles. The molecule has 0 unspecified atom stereocenters. The van der Waals surface area contributed by atoms with Crippen LogP contribution in [0.25, 0.3) is 10.2 Å². The summed E-state index contributed by atoms with van der Waals surface area (Å²) in [4.78, 5) is 17.0. The van der Waals surface area contributed by atoms with Gasteiger partial charge < -0.3 is 15.5 Å². The van der Waals surface area contributed by atoms with Gasteiger partial charge in [0.25, 0.3) is 0 Å². The van der Waals surface area contributed by atoms with E-state index in [1.807, 2.05) is 36.6 Å². The molecule has 0 atom stereocenters. The van der Waals surface area contributed by atoms with Crippen molar-refractivity contribution in [1.29, 1.82) is 0 Å². The first-order chi connectivity index (χ1) is 9.63. The molecule has 1 aromatic carbocycles. The summed E-state index contributed by atoms with van der Waals surface area (Å²) in [5, 5.41) is 3.04. The highest BCUT2D eigenvalue weighted by atomic mass is 32.2. The van der Waals surface area contributed by atoms with E-state index in [0.29, 0.717) is 5.88 Å². The minimum atomic E-state index is -0.815. The Morgan fingerprint density at radius 1 is 1.40 bits per heavy atom. The fourth-order valence-electron chi connectivity index (χ4n) is 1.94. The van der Waals surface area contributed by atoms with Crippen molar-refractivity contribution in [1.82, 2.24) is 4.98 Å². The van der Waals surface area contributed by atoms with Crippen LogP contribution in [-0.4, -0.2) is 11.1 Å². The van der Waals surface area contributed by atoms with Gasteiger partial charge in [-0.1, -0.05) is 29.5 Å². The number of hydrogen-bond acceptors (Lipinski definition) is 4. The molecule has 0 spiro atoms. The van der Waals surface area contributed by atoms with Crippen LogP contribution in [0.4, 0.5) is 4.79 Å². The molecule has 2 aromatic heterocycles. The molecule has 0 radical (unpaired) electrons. The van der Waals surface area contributed by atoms with Crippen LogP contribution in [0.15, 0.2) is 45.5 Å². The number of amides is 1. The van der Waals surface area contributed by atoms with Crippen molar-refractivity contribution in [3.8, 4) is 5.88 Å². The molecule has 0 aliphatic rings. The smallest absolute Gasteiger partial charge is 0.392 e. The van der Waals surface area contributed by atoms with Crippen LogP contribution in [0.2, 0.25) is 0 Å². The molecule has 3 N–H and O–H groups in total. The molecule has 20 heavy (non-hydrogen) atoms. The fourth-order valence-corrected chi connectivity index (χ4v) is 3.88. The third-order valence-corrected chi connectivity index (χ3v) is 4.68. The Balaban J connectivity index is 2.03. The molecular formula is C14H12N2O2S2. The first kappa shape index (κ1) is 13.1. The molecule has 3 aromatic rings. The predicted molar refractivity (Wildman–Crippen MR) is 81.7 cm³/mol. The largest absolute Gasteiger partial charge is 0.411 e. The molecule has 4 nitrogen and oxygen atoms in total. The number of rotatable bonds is 3. The number of hydrogen-bond donors (Lipinski definition) is 2. The number of carbonyl (C=O) groups is 1. The van der Waals surface area contributed by atoms with Gasteiger partial charge >= 0.3 is 6.09 Å². The van der Waals surface area contributed by atoms with Crippen LogP contribution in [0.1, 0.15) is 5.56 Å². The molecule has 6 heteroatoms. The number of aromatic amines is 1. The lowest BCUT2D eigenvalue weighted by Crippen LogP contribution is -2.16. The second-order valence-corrected chi connectivity index (χ2v) is 6.29. The number of benzene rings is 1. The molecule has 0 bridgehead atoms. The van der Waals surface area contributed by atoms with Gasteiger partial charge in [0.2, 0.25) is 5.88 Å². The zero-order valence-corrected chi connectivity index (χ0v) is 12.3. The van der Waals surface area contributed by atoms with Crippen LogP contribution in [0, 0.1) is 6.92 Å². The number of fused-ring (bicyclic) bond motifs is 1. The Morgan fingerprint density at radius 2 is 2.25 bits per heavy atom. The number of primary amides is 1. The Morgan fingerprint density at radius 3 is 3.00 bits per heavy atom. The number of H-pyrrole nitrogens is 1. The first-order valence-corrected chi connectivity index (χ1v) is 7.64. The van der Waals surface area contributed by atoms with E-state index in [0.717, 1.165) is 20.0 Å². The minimum absolute atomic E-state index is 0.408. The Hall–Kier alpha value is -1.92. The van der Waals surface area contributed by atoms with Gasteiger partial charge in [-0.15, -0.1) is 11.3 Å². The Kier molecular flexibility index (Phi) is 3.42. The van der Waals surface area contributed by atoms with Gasteiger partial charge in [0, 0.05) is 10.3 Å². The van der Waals surface area contributed by atoms with E-state index in [1.165, 1.54) is 5.56 Å². The van der Waals surface area contributed by atoms with Gasteiger partial charge in [-0.3, -0.25) is 0 Å². The second-order valence-electron chi connectivity index (χ2n) is 4.29. The average Bonchev–Trinajstić information content (AvgIpc) is 2.93. The lowest BCUT2D eigenvalue weighted by atomic mass is 10.2. The highest BCUT2D eigenvalue weighted by molar-refractivity contribution is 7.99. The lowest BCUT2D eigenvalue weighted by Gasteiger charge is -2.04. The number of nitrogens with two attached hydrogens (primary N) is 1. The van der Waals surface area contributed by atoms with E-state index in [2.05, 4.69) is 11.1 Å². The highest BCUT2D eigenvalue weighted by Crippen LogP contribution is 2.42. The third kappa shape index (κ3) is 2.52. The third-order valence-electron chi connectivity index (χ3n) is 2.76. The summed E-state index contributed by atoms with van der Waals surface area (Å²) in [5.41, 5.74) is 6.30. The van der Waals surface area contributed by atoms with Gasteiger partial charge in [-0.2, -0.15) is 0 Å². The van der Waals surface area contributed by atoms with E-state index >= 15 is 0 Å². The zero-order valence-electron chi connectivity index (χ0n) is 10.7. The normalized spacial score (nSPS) is 10.8. The van der Waals surface area contributed by atoms with Crippen molar-refractivity contribution < 1.29 is 9.53 Å². The van der Waals surface area contributed by atoms with Crippen LogP contribution in [0.3, 0.4) is 0 Å². The van der Waals surface area contributed by atoms with Crippen LogP contribution >= 0.6 is 23.1 Å². The molecule has 0 aliphatic carbocycles. The molecule has 0 saturated carbocycles. The number of carbonyl (C=O) groups excluding carboxylic acids is 1. The van der Waals surface area contributed by atoms with E-state index in [4.69, 9.17) is 10.5 Å². The number of thiophene rings is 1. The molecule has 3 rings (SSSR count). The van der Waals surface area contributed by atoms with Gasteiger partial charge in [0.05, 0.1) is 4.90 Å². The average molecular weight is 304 g/mol. The quantitative estimate of drug-likeness (QED) is 0.764. The predicted octanol–water partition coefficient (Wildman–Crippen LogP) is 4.15. The van der Waals surface area contributed by atoms with Gasteiger partial charge in [0.1, 0.15) is 4.83 Å². The maximum Gasteiger partial charge on any atom is 0.411 e. The monoisotopic (exact) mass is 304 g/mol. The van der Waals surface area contributed by atoms with Crippen molar-refractivity contribution >= 4 is 39.4 Å². The van der Waals surface area contributed by atoms with E-state index in [-0.39, 0.29) is 0 Å². The Labute approximate surface area is 123 Å². The fraction of sp³-hybridized carbons (Fsp3) is 0.0714. The summed E-state index contributed by atoms with van der Waals surface area (Å²) in [7, 11) is 0. The minimum Gasteiger partial charge on any atom is -0.392 e.